The van der Waals surface area contributed by atoms with E-state index in [9.17, 15) is 9.18 Å². The van der Waals surface area contributed by atoms with Crippen molar-refractivity contribution in [3.8, 4) is 5.75 Å². The van der Waals surface area contributed by atoms with E-state index in [0.717, 1.165) is 11.1 Å². The Balaban J connectivity index is 1.38. The fraction of sp³-hybridized carbons (Fsp3) is 0.158. The van der Waals surface area contributed by atoms with E-state index < -0.39 is 6.10 Å². The van der Waals surface area contributed by atoms with Crippen LogP contribution in [-0.4, -0.2) is 21.8 Å². The van der Waals surface area contributed by atoms with E-state index in [2.05, 4.69) is 10.4 Å². The summed E-state index contributed by atoms with van der Waals surface area (Å²) < 4.78 is 20.3. The molecule has 0 unspecified atom stereocenters. The van der Waals surface area contributed by atoms with Gasteiger partial charge in [0.2, 0.25) is 0 Å². The van der Waals surface area contributed by atoms with E-state index in [1.165, 1.54) is 12.1 Å². The highest BCUT2D eigenvalue weighted by Crippen LogP contribution is 2.31. The summed E-state index contributed by atoms with van der Waals surface area (Å²) in [6, 6.07) is 11.5. The van der Waals surface area contributed by atoms with Crippen molar-refractivity contribution in [1.29, 1.82) is 0 Å². The fourth-order valence-corrected chi connectivity index (χ4v) is 3.07. The highest BCUT2D eigenvalue weighted by atomic mass is 35.5. The second kappa shape index (κ2) is 6.80. The third-order valence-electron chi connectivity index (χ3n) is 4.15. The van der Waals surface area contributed by atoms with Crippen molar-refractivity contribution >= 4 is 23.2 Å². The number of benzene rings is 2. The molecule has 2 aromatic carbocycles. The summed E-state index contributed by atoms with van der Waals surface area (Å²) in [4.78, 5) is 12.4. The normalized spacial score (nSPS) is 15.4. The van der Waals surface area contributed by atoms with Crippen molar-refractivity contribution in [2.75, 3.05) is 5.32 Å². The van der Waals surface area contributed by atoms with Crippen molar-refractivity contribution in [1.82, 2.24) is 9.78 Å². The molecule has 2 heterocycles. The highest BCUT2D eigenvalue weighted by molar-refractivity contribution is 6.30. The summed E-state index contributed by atoms with van der Waals surface area (Å²) in [5, 5.41) is 7.64. The number of rotatable bonds is 4. The maximum atomic E-state index is 13.0. The molecule has 0 fully saturated rings. The number of nitrogens with one attached hydrogen (secondary N) is 1. The van der Waals surface area contributed by atoms with E-state index in [4.69, 9.17) is 16.3 Å². The summed E-state index contributed by atoms with van der Waals surface area (Å²) >= 11 is 5.97. The maximum Gasteiger partial charge on any atom is 0.265 e. The van der Waals surface area contributed by atoms with Gasteiger partial charge in [-0.2, -0.15) is 5.10 Å². The fourth-order valence-electron chi connectivity index (χ4n) is 2.88. The van der Waals surface area contributed by atoms with Gasteiger partial charge in [0.05, 0.1) is 18.4 Å². The summed E-state index contributed by atoms with van der Waals surface area (Å²) in [6.45, 7) is 0.486. The van der Waals surface area contributed by atoms with Crippen LogP contribution in [0.25, 0.3) is 0 Å². The number of anilines is 1. The molecule has 3 aromatic rings. The monoisotopic (exact) mass is 371 g/mol. The molecule has 7 heteroatoms. The number of carbonyl (C=O) groups excluding carboxylic acids is 1. The quantitative estimate of drug-likeness (QED) is 0.761. The van der Waals surface area contributed by atoms with Gasteiger partial charge in [-0.25, -0.2) is 4.39 Å². The Morgan fingerprint density at radius 3 is 2.92 bits per heavy atom. The van der Waals surface area contributed by atoms with E-state index in [1.54, 1.807) is 41.3 Å². The molecule has 1 aliphatic heterocycles. The van der Waals surface area contributed by atoms with Crippen LogP contribution in [0.4, 0.5) is 10.1 Å². The molecule has 132 valence electrons. The Morgan fingerprint density at radius 1 is 1.31 bits per heavy atom. The first-order valence-corrected chi connectivity index (χ1v) is 8.47. The molecule has 1 atom stereocenters. The molecule has 1 N–H and O–H groups in total. The number of halogens is 2. The Hall–Kier alpha value is -2.86. The van der Waals surface area contributed by atoms with Crippen molar-refractivity contribution in [3.05, 3.63) is 76.8 Å². The number of carbonyl (C=O) groups is 1. The van der Waals surface area contributed by atoms with Crippen molar-refractivity contribution in [2.45, 2.75) is 19.1 Å². The zero-order chi connectivity index (χ0) is 18.1. The molecule has 0 saturated heterocycles. The van der Waals surface area contributed by atoms with Crippen molar-refractivity contribution in [2.24, 2.45) is 0 Å². The molecule has 0 aliphatic carbocycles. The summed E-state index contributed by atoms with van der Waals surface area (Å²) in [5.74, 6) is 0.168. The Labute approximate surface area is 154 Å². The first kappa shape index (κ1) is 16.6. The molecule has 0 radical (unpaired) electrons. The van der Waals surface area contributed by atoms with Gasteiger partial charge < -0.3 is 10.1 Å². The summed E-state index contributed by atoms with van der Waals surface area (Å²) in [7, 11) is 0. The van der Waals surface area contributed by atoms with Gasteiger partial charge in [-0.1, -0.05) is 23.7 Å². The van der Waals surface area contributed by atoms with Gasteiger partial charge in [-0.05, 0) is 41.5 Å². The number of nitrogens with zero attached hydrogens (tertiary/aromatic N) is 2. The second-order valence-corrected chi connectivity index (χ2v) is 6.54. The zero-order valence-corrected chi connectivity index (χ0v) is 14.4. The van der Waals surface area contributed by atoms with Crippen LogP contribution in [0.2, 0.25) is 5.02 Å². The first-order valence-electron chi connectivity index (χ1n) is 8.10. The lowest BCUT2D eigenvalue weighted by Crippen LogP contribution is -2.31. The van der Waals surface area contributed by atoms with Gasteiger partial charge in [-0.3, -0.25) is 9.48 Å². The Kier molecular flexibility index (Phi) is 4.34. The largest absolute Gasteiger partial charge is 0.480 e. The maximum absolute atomic E-state index is 13.0. The minimum atomic E-state index is -0.594. The predicted molar refractivity (Wildman–Crippen MR) is 95.9 cm³/mol. The molecular formula is C19H15ClFN3O2. The van der Waals surface area contributed by atoms with Crippen LogP contribution in [-0.2, 0) is 17.8 Å². The first-order chi connectivity index (χ1) is 12.6. The number of ether oxygens (including phenoxy) is 1. The zero-order valence-electron chi connectivity index (χ0n) is 13.7. The van der Waals surface area contributed by atoms with E-state index in [-0.39, 0.29) is 11.7 Å². The molecule has 26 heavy (non-hydrogen) atoms. The molecule has 0 bridgehead atoms. The Bertz CT molecular complexity index is 956. The van der Waals surface area contributed by atoms with Crippen LogP contribution >= 0.6 is 11.6 Å². The molecule has 1 aliphatic rings. The third kappa shape index (κ3) is 3.55. The summed E-state index contributed by atoms with van der Waals surface area (Å²) in [5.41, 5.74) is 2.41. The lowest BCUT2D eigenvalue weighted by molar-refractivity contribution is -0.122. The minimum Gasteiger partial charge on any atom is -0.480 e. The number of amides is 1. The van der Waals surface area contributed by atoms with E-state index in [0.29, 0.717) is 29.4 Å². The number of hydrogen-bond donors (Lipinski definition) is 1. The van der Waals surface area contributed by atoms with Crippen molar-refractivity contribution < 1.29 is 13.9 Å². The van der Waals surface area contributed by atoms with Gasteiger partial charge >= 0.3 is 0 Å². The Morgan fingerprint density at radius 2 is 2.12 bits per heavy atom. The SMILES string of the molecule is O=C(Nc1cnn(Cc2ccc(F)cc2)c1)[C@@H]1Cc2cc(Cl)ccc2O1. The molecule has 0 saturated carbocycles. The molecule has 0 spiro atoms. The van der Waals surface area contributed by atoms with Gasteiger partial charge in [0.15, 0.2) is 6.10 Å². The number of hydrogen-bond acceptors (Lipinski definition) is 3. The van der Waals surface area contributed by atoms with Gasteiger partial charge in [0.1, 0.15) is 11.6 Å². The van der Waals surface area contributed by atoms with Crippen LogP contribution < -0.4 is 10.1 Å². The average Bonchev–Trinajstić information content (AvgIpc) is 3.23. The molecule has 1 amide bonds. The molecule has 4 rings (SSSR count). The predicted octanol–water partition coefficient (Wildman–Crippen LogP) is 3.67. The van der Waals surface area contributed by atoms with Crippen LogP contribution in [0.1, 0.15) is 11.1 Å². The number of aromatic nitrogens is 2. The van der Waals surface area contributed by atoms with Gasteiger partial charge in [-0.15, -0.1) is 0 Å². The topological polar surface area (TPSA) is 56.2 Å². The van der Waals surface area contributed by atoms with E-state index >= 15 is 0 Å². The van der Waals surface area contributed by atoms with Gasteiger partial charge in [0.25, 0.3) is 5.91 Å². The van der Waals surface area contributed by atoms with Crippen LogP contribution in [0.5, 0.6) is 5.75 Å². The number of fused-ring (bicyclic) bond motifs is 1. The molecule has 5 nitrogen and oxygen atoms in total. The van der Waals surface area contributed by atoms with Gasteiger partial charge in [0, 0.05) is 17.6 Å². The lowest BCUT2D eigenvalue weighted by atomic mass is 10.1. The molecule has 1 aromatic heterocycles. The van der Waals surface area contributed by atoms with Crippen LogP contribution in [0, 0.1) is 5.82 Å². The van der Waals surface area contributed by atoms with Crippen LogP contribution in [0.3, 0.4) is 0 Å². The molecular weight excluding hydrogens is 357 g/mol. The standard InChI is InChI=1S/C19H15ClFN3O2/c20-14-3-6-17-13(7-14)8-18(26-17)19(25)23-16-9-22-24(11-16)10-12-1-4-15(21)5-2-12/h1-7,9,11,18H,8,10H2,(H,23,25)/t18-/m0/s1. The van der Waals surface area contributed by atoms with Crippen molar-refractivity contribution in [3.63, 3.8) is 0 Å². The van der Waals surface area contributed by atoms with Crippen LogP contribution in [0.15, 0.2) is 54.9 Å². The highest BCUT2D eigenvalue weighted by Gasteiger charge is 2.29. The smallest absolute Gasteiger partial charge is 0.265 e. The average molecular weight is 372 g/mol. The second-order valence-electron chi connectivity index (χ2n) is 6.10. The summed E-state index contributed by atoms with van der Waals surface area (Å²) in [6.07, 6.45) is 3.18. The third-order valence-corrected chi connectivity index (χ3v) is 4.38. The van der Waals surface area contributed by atoms with E-state index in [1.807, 2.05) is 6.07 Å². The lowest BCUT2D eigenvalue weighted by Gasteiger charge is -2.09. The minimum absolute atomic E-state index is 0.237.